The largest absolute Gasteiger partial charge is 0.495 e. The van der Waals surface area contributed by atoms with E-state index < -0.39 is 6.09 Å². The molecule has 2 atom stereocenters. The molecule has 0 radical (unpaired) electrons. The average molecular weight is 463 g/mol. The SMILES string of the molecule is COc1c2ccccc2c(OC(=O)NC2CC(C)(C)CC(C)(CNC(C)=O)C2)c2ccccc12. The van der Waals surface area contributed by atoms with Crippen molar-refractivity contribution in [3.05, 3.63) is 48.5 Å². The third-order valence-corrected chi connectivity index (χ3v) is 6.76. The molecule has 2 N–H and O–H groups in total. The minimum absolute atomic E-state index is 0.0307. The van der Waals surface area contributed by atoms with E-state index in [9.17, 15) is 9.59 Å². The molecule has 6 heteroatoms. The number of rotatable bonds is 5. The van der Waals surface area contributed by atoms with Crippen LogP contribution in [0.5, 0.6) is 11.5 Å². The van der Waals surface area contributed by atoms with E-state index in [1.165, 1.54) is 6.92 Å². The number of hydrogen-bond acceptors (Lipinski definition) is 4. The molecule has 2 amide bonds. The summed E-state index contributed by atoms with van der Waals surface area (Å²) < 4.78 is 11.7. The second-order valence-electron chi connectivity index (χ2n) is 10.7. The molecular formula is C28H34N2O4. The van der Waals surface area contributed by atoms with E-state index in [-0.39, 0.29) is 22.8 Å². The van der Waals surface area contributed by atoms with Crippen molar-refractivity contribution in [1.82, 2.24) is 10.6 Å². The Bertz CT molecular complexity index is 1180. The maximum Gasteiger partial charge on any atom is 0.412 e. The second-order valence-corrected chi connectivity index (χ2v) is 10.7. The van der Waals surface area contributed by atoms with Crippen molar-refractivity contribution in [3.8, 4) is 11.5 Å². The maximum absolute atomic E-state index is 13.2. The number of nitrogens with one attached hydrogen (secondary N) is 2. The van der Waals surface area contributed by atoms with Gasteiger partial charge >= 0.3 is 6.09 Å². The van der Waals surface area contributed by atoms with Crippen LogP contribution in [0, 0.1) is 10.8 Å². The summed E-state index contributed by atoms with van der Waals surface area (Å²) >= 11 is 0. The van der Waals surface area contributed by atoms with Crippen LogP contribution in [0.1, 0.15) is 47.0 Å². The zero-order valence-electron chi connectivity index (χ0n) is 20.7. The standard InChI is InChI=1S/C28H34N2O4/c1-18(31)29-17-28(4)15-19(14-27(2,3)16-28)30-26(32)34-25-22-12-8-6-10-20(22)24(33-5)21-11-7-9-13-23(21)25/h6-13,19H,14-17H2,1-5H3,(H,29,31)(H,30,32). The highest BCUT2D eigenvalue weighted by atomic mass is 16.6. The van der Waals surface area contributed by atoms with Crippen molar-refractivity contribution in [2.24, 2.45) is 10.8 Å². The Hall–Kier alpha value is -3.28. The lowest BCUT2D eigenvalue weighted by Crippen LogP contribution is -2.50. The number of amides is 2. The zero-order valence-corrected chi connectivity index (χ0v) is 20.7. The van der Waals surface area contributed by atoms with Gasteiger partial charge < -0.3 is 20.1 Å². The van der Waals surface area contributed by atoms with E-state index >= 15 is 0 Å². The number of methoxy groups -OCH3 is 1. The smallest absolute Gasteiger partial charge is 0.412 e. The summed E-state index contributed by atoms with van der Waals surface area (Å²) in [4.78, 5) is 24.7. The van der Waals surface area contributed by atoms with Crippen LogP contribution >= 0.6 is 0 Å². The number of carbonyl (C=O) groups excluding carboxylic acids is 2. The van der Waals surface area contributed by atoms with E-state index in [4.69, 9.17) is 9.47 Å². The van der Waals surface area contributed by atoms with Gasteiger partial charge in [0.15, 0.2) is 0 Å². The molecule has 0 aromatic heterocycles. The van der Waals surface area contributed by atoms with Crippen molar-refractivity contribution >= 4 is 33.5 Å². The Labute approximate surface area is 201 Å². The van der Waals surface area contributed by atoms with E-state index in [0.29, 0.717) is 12.3 Å². The first-order valence-corrected chi connectivity index (χ1v) is 11.8. The van der Waals surface area contributed by atoms with Crippen molar-refractivity contribution < 1.29 is 19.1 Å². The van der Waals surface area contributed by atoms with Gasteiger partial charge in [0.25, 0.3) is 0 Å². The maximum atomic E-state index is 13.2. The number of fused-ring (bicyclic) bond motifs is 2. The number of ether oxygens (including phenoxy) is 2. The van der Waals surface area contributed by atoms with Crippen LogP contribution in [0.25, 0.3) is 21.5 Å². The minimum atomic E-state index is -0.468. The lowest BCUT2D eigenvalue weighted by molar-refractivity contribution is -0.119. The first-order valence-electron chi connectivity index (χ1n) is 11.8. The predicted molar refractivity (Wildman–Crippen MR) is 135 cm³/mol. The van der Waals surface area contributed by atoms with Crippen LogP contribution in [-0.2, 0) is 4.79 Å². The van der Waals surface area contributed by atoms with E-state index in [1.54, 1.807) is 7.11 Å². The van der Waals surface area contributed by atoms with Crippen LogP contribution in [0.15, 0.2) is 48.5 Å². The van der Waals surface area contributed by atoms with Crippen LogP contribution in [0.2, 0.25) is 0 Å². The summed E-state index contributed by atoms with van der Waals surface area (Å²) in [6.45, 7) is 8.72. The molecule has 6 nitrogen and oxygen atoms in total. The normalized spacial score (nSPS) is 21.7. The number of hydrogen-bond donors (Lipinski definition) is 2. The first-order chi connectivity index (χ1) is 16.1. The van der Waals surface area contributed by atoms with Gasteiger partial charge in [0.2, 0.25) is 5.91 Å². The molecule has 180 valence electrons. The Morgan fingerprint density at radius 1 is 0.912 bits per heavy atom. The first kappa shape index (κ1) is 23.9. The molecule has 0 heterocycles. The molecule has 3 aromatic rings. The average Bonchev–Trinajstić information content (AvgIpc) is 2.76. The van der Waals surface area contributed by atoms with Crippen LogP contribution in [-0.4, -0.2) is 31.7 Å². The quantitative estimate of drug-likeness (QED) is 0.469. The molecule has 0 spiro atoms. The Kier molecular flexibility index (Phi) is 6.43. The van der Waals surface area contributed by atoms with Gasteiger partial charge in [-0.1, -0.05) is 69.3 Å². The van der Waals surface area contributed by atoms with Crippen LogP contribution in [0.3, 0.4) is 0 Å². The van der Waals surface area contributed by atoms with Crippen molar-refractivity contribution in [2.45, 2.75) is 53.0 Å². The predicted octanol–water partition coefficient (Wildman–Crippen LogP) is 5.81. The van der Waals surface area contributed by atoms with E-state index in [1.807, 2.05) is 48.5 Å². The van der Waals surface area contributed by atoms with Gasteiger partial charge in [0.05, 0.1) is 7.11 Å². The third-order valence-electron chi connectivity index (χ3n) is 6.76. The fourth-order valence-corrected chi connectivity index (χ4v) is 5.88. The topological polar surface area (TPSA) is 76.7 Å². The number of carbonyl (C=O) groups is 2. The highest BCUT2D eigenvalue weighted by molar-refractivity contribution is 6.11. The fourth-order valence-electron chi connectivity index (χ4n) is 5.88. The molecule has 34 heavy (non-hydrogen) atoms. The van der Waals surface area contributed by atoms with Gasteiger partial charge in [-0.2, -0.15) is 0 Å². The molecule has 1 aliphatic carbocycles. The van der Waals surface area contributed by atoms with Gasteiger partial charge in [-0.05, 0) is 30.1 Å². The summed E-state index contributed by atoms with van der Waals surface area (Å²) in [5.41, 5.74) is -0.0756. The molecule has 1 aliphatic rings. The molecule has 2 unspecified atom stereocenters. The zero-order chi connectivity index (χ0) is 24.5. The van der Waals surface area contributed by atoms with Gasteiger partial charge in [-0.3, -0.25) is 4.79 Å². The molecule has 0 saturated heterocycles. The summed E-state index contributed by atoms with van der Waals surface area (Å²) in [5.74, 6) is 1.26. The second kappa shape index (κ2) is 9.16. The monoisotopic (exact) mass is 462 g/mol. The third kappa shape index (κ3) is 4.96. The lowest BCUT2D eigenvalue weighted by Gasteiger charge is -2.46. The lowest BCUT2D eigenvalue weighted by atomic mass is 9.62. The highest BCUT2D eigenvalue weighted by Gasteiger charge is 2.42. The van der Waals surface area contributed by atoms with Gasteiger partial charge in [0.1, 0.15) is 11.5 Å². The van der Waals surface area contributed by atoms with Crippen molar-refractivity contribution in [1.29, 1.82) is 0 Å². The molecule has 0 aliphatic heterocycles. The summed E-state index contributed by atoms with van der Waals surface area (Å²) in [6.07, 6.45) is 2.13. The molecular weight excluding hydrogens is 428 g/mol. The van der Waals surface area contributed by atoms with Crippen LogP contribution < -0.4 is 20.1 Å². The minimum Gasteiger partial charge on any atom is -0.495 e. The summed E-state index contributed by atoms with van der Waals surface area (Å²) in [6, 6.07) is 15.5. The molecule has 3 aromatic carbocycles. The summed E-state index contributed by atoms with van der Waals surface area (Å²) in [5, 5.41) is 9.53. The van der Waals surface area contributed by atoms with E-state index in [2.05, 4.69) is 31.4 Å². The van der Waals surface area contributed by atoms with Gasteiger partial charge in [-0.15, -0.1) is 0 Å². The van der Waals surface area contributed by atoms with Gasteiger partial charge in [0, 0.05) is 41.1 Å². The number of benzene rings is 3. The van der Waals surface area contributed by atoms with E-state index in [0.717, 1.165) is 46.6 Å². The van der Waals surface area contributed by atoms with Crippen molar-refractivity contribution in [3.63, 3.8) is 0 Å². The Balaban J connectivity index is 1.62. The Morgan fingerprint density at radius 2 is 1.44 bits per heavy atom. The highest BCUT2D eigenvalue weighted by Crippen LogP contribution is 2.46. The Morgan fingerprint density at radius 3 is 1.94 bits per heavy atom. The van der Waals surface area contributed by atoms with Gasteiger partial charge in [-0.25, -0.2) is 4.79 Å². The molecule has 1 saturated carbocycles. The molecule has 0 bridgehead atoms. The molecule has 4 rings (SSSR count). The fraction of sp³-hybridized carbons (Fsp3) is 0.429. The van der Waals surface area contributed by atoms with Crippen LogP contribution in [0.4, 0.5) is 4.79 Å². The molecule has 1 fully saturated rings. The van der Waals surface area contributed by atoms with Crippen molar-refractivity contribution in [2.75, 3.05) is 13.7 Å². The summed E-state index contributed by atoms with van der Waals surface area (Å²) in [7, 11) is 1.66.